The van der Waals surface area contributed by atoms with E-state index in [1.165, 1.54) is 14.0 Å². The van der Waals surface area contributed by atoms with Crippen molar-refractivity contribution in [2.24, 2.45) is 0 Å². The Morgan fingerprint density at radius 3 is 2.40 bits per heavy atom. The number of carbonyl (C=O) groups excluding carboxylic acids is 2. The third-order valence-corrected chi connectivity index (χ3v) is 3.11. The second-order valence-electron chi connectivity index (χ2n) is 4.46. The molecule has 2 N–H and O–H groups in total. The maximum Gasteiger partial charge on any atom is 0.329 e. The summed E-state index contributed by atoms with van der Waals surface area (Å²) in [6, 6.07) is 6.75. The molecule has 0 fully saturated rings. The minimum atomic E-state index is -0.702. The van der Waals surface area contributed by atoms with Crippen LogP contribution in [0.25, 0.3) is 0 Å². The van der Waals surface area contributed by atoms with Crippen molar-refractivity contribution in [2.45, 2.75) is 25.9 Å². The Morgan fingerprint density at radius 1 is 1.30 bits per heavy atom. The molecular weight excluding hydrogens is 280 g/mol. The van der Waals surface area contributed by atoms with Gasteiger partial charge in [-0.25, -0.2) is 4.79 Å². The van der Waals surface area contributed by atoms with Crippen LogP contribution < -0.4 is 10.6 Å². The third-order valence-electron chi connectivity index (χ3n) is 2.86. The number of ether oxygens (including phenoxy) is 1. The molecule has 0 aromatic heterocycles. The Bertz CT molecular complexity index is 462. The van der Waals surface area contributed by atoms with E-state index in [0.29, 0.717) is 5.02 Å². The molecule has 6 heteroatoms. The largest absolute Gasteiger partial charge is 0.467 e. The molecule has 20 heavy (non-hydrogen) atoms. The van der Waals surface area contributed by atoms with Gasteiger partial charge in [0.25, 0.3) is 0 Å². The Morgan fingerprint density at radius 2 is 1.90 bits per heavy atom. The summed E-state index contributed by atoms with van der Waals surface area (Å²) in [5, 5.41) is 6.40. The lowest BCUT2D eigenvalue weighted by atomic mass is 10.1. The van der Waals surface area contributed by atoms with E-state index in [2.05, 4.69) is 15.4 Å². The van der Waals surface area contributed by atoms with Crippen molar-refractivity contribution in [3.8, 4) is 0 Å². The van der Waals surface area contributed by atoms with Crippen molar-refractivity contribution in [1.82, 2.24) is 10.6 Å². The van der Waals surface area contributed by atoms with Crippen LogP contribution in [0.15, 0.2) is 24.3 Å². The molecular formula is C14H19ClN2O3. The Hall–Kier alpha value is -1.59. The molecule has 1 unspecified atom stereocenters. The number of methoxy groups -OCH3 is 1. The quantitative estimate of drug-likeness (QED) is 0.784. The first kappa shape index (κ1) is 16.5. The van der Waals surface area contributed by atoms with Gasteiger partial charge in [0.15, 0.2) is 0 Å². The van der Waals surface area contributed by atoms with E-state index in [0.717, 1.165) is 5.56 Å². The van der Waals surface area contributed by atoms with Gasteiger partial charge in [-0.1, -0.05) is 23.7 Å². The molecule has 0 aliphatic carbocycles. The second-order valence-corrected chi connectivity index (χ2v) is 4.89. The number of rotatable bonds is 6. The van der Waals surface area contributed by atoms with Crippen LogP contribution in [0.5, 0.6) is 0 Å². The van der Waals surface area contributed by atoms with E-state index in [1.54, 1.807) is 12.1 Å². The molecule has 2 atom stereocenters. The van der Waals surface area contributed by atoms with E-state index in [4.69, 9.17) is 11.6 Å². The second kappa shape index (κ2) is 7.87. The van der Waals surface area contributed by atoms with Crippen LogP contribution in [0.3, 0.4) is 0 Å². The van der Waals surface area contributed by atoms with Crippen LogP contribution in [-0.2, 0) is 14.3 Å². The summed E-state index contributed by atoms with van der Waals surface area (Å²) >= 11 is 5.83. The number of hydrogen-bond donors (Lipinski definition) is 2. The first-order valence-corrected chi connectivity index (χ1v) is 6.65. The lowest BCUT2D eigenvalue weighted by Crippen LogP contribution is -2.47. The number of amides is 1. The molecule has 1 amide bonds. The number of esters is 1. The van der Waals surface area contributed by atoms with Crippen molar-refractivity contribution in [1.29, 1.82) is 0 Å². The van der Waals surface area contributed by atoms with Gasteiger partial charge in [-0.2, -0.15) is 0 Å². The molecule has 1 aromatic rings. The predicted octanol–water partition coefficient (Wildman–Crippen LogP) is 1.67. The van der Waals surface area contributed by atoms with Crippen LogP contribution in [-0.4, -0.2) is 31.6 Å². The van der Waals surface area contributed by atoms with Crippen molar-refractivity contribution >= 4 is 23.5 Å². The minimum absolute atomic E-state index is 0.0215. The Kier molecular flexibility index (Phi) is 6.48. The van der Waals surface area contributed by atoms with E-state index in [1.807, 2.05) is 19.1 Å². The summed E-state index contributed by atoms with van der Waals surface area (Å²) in [5.74, 6) is -0.752. The van der Waals surface area contributed by atoms with Crippen LogP contribution in [0, 0.1) is 0 Å². The molecule has 0 heterocycles. The lowest BCUT2D eigenvalue weighted by Gasteiger charge is -2.20. The summed E-state index contributed by atoms with van der Waals surface area (Å²) < 4.78 is 4.66. The highest BCUT2D eigenvalue weighted by Crippen LogP contribution is 2.15. The highest BCUT2D eigenvalue weighted by atomic mass is 35.5. The molecule has 0 aliphatic rings. The molecule has 0 spiro atoms. The van der Waals surface area contributed by atoms with Gasteiger partial charge in [-0.05, 0) is 24.6 Å². The SMILES string of the molecule is COC(=O)C(CN[C@H](C)c1ccc(Cl)cc1)NC(C)=O. The Balaban J connectivity index is 2.59. The molecule has 1 aromatic carbocycles. The minimum Gasteiger partial charge on any atom is -0.467 e. The fourth-order valence-corrected chi connectivity index (χ4v) is 1.87. The van der Waals surface area contributed by atoms with Gasteiger partial charge in [0.2, 0.25) is 5.91 Å². The molecule has 0 aliphatic heterocycles. The zero-order chi connectivity index (χ0) is 15.1. The van der Waals surface area contributed by atoms with Crippen molar-refractivity contribution < 1.29 is 14.3 Å². The molecule has 0 bridgehead atoms. The van der Waals surface area contributed by atoms with Gasteiger partial charge >= 0.3 is 5.97 Å². The van der Waals surface area contributed by atoms with E-state index < -0.39 is 12.0 Å². The van der Waals surface area contributed by atoms with Gasteiger partial charge in [0.05, 0.1) is 7.11 Å². The summed E-state index contributed by atoms with van der Waals surface area (Å²) in [6.07, 6.45) is 0. The molecule has 5 nitrogen and oxygen atoms in total. The standard InChI is InChI=1S/C14H19ClN2O3/c1-9(11-4-6-12(15)7-5-11)16-8-13(14(19)20-3)17-10(2)18/h4-7,9,13,16H,8H2,1-3H3,(H,17,18)/t9-,13?/m1/s1. The van der Waals surface area contributed by atoms with E-state index in [-0.39, 0.29) is 18.5 Å². The highest BCUT2D eigenvalue weighted by molar-refractivity contribution is 6.30. The van der Waals surface area contributed by atoms with E-state index >= 15 is 0 Å². The maximum atomic E-state index is 11.5. The number of benzene rings is 1. The average Bonchev–Trinajstić information content (AvgIpc) is 2.42. The van der Waals surface area contributed by atoms with Crippen molar-refractivity contribution in [2.75, 3.05) is 13.7 Å². The van der Waals surface area contributed by atoms with Gasteiger partial charge in [-0.3, -0.25) is 4.79 Å². The summed E-state index contributed by atoms with van der Waals surface area (Å²) in [6.45, 7) is 3.61. The highest BCUT2D eigenvalue weighted by Gasteiger charge is 2.20. The number of carbonyl (C=O) groups is 2. The molecule has 110 valence electrons. The van der Waals surface area contributed by atoms with Gasteiger partial charge in [-0.15, -0.1) is 0 Å². The fourth-order valence-electron chi connectivity index (χ4n) is 1.74. The predicted molar refractivity (Wildman–Crippen MR) is 77.5 cm³/mol. The van der Waals surface area contributed by atoms with Crippen molar-refractivity contribution in [3.63, 3.8) is 0 Å². The first-order valence-electron chi connectivity index (χ1n) is 6.27. The van der Waals surface area contributed by atoms with Crippen LogP contribution >= 0.6 is 11.6 Å². The zero-order valence-corrected chi connectivity index (χ0v) is 12.5. The molecule has 0 radical (unpaired) electrons. The normalized spacial score (nSPS) is 13.4. The van der Waals surface area contributed by atoms with Gasteiger partial charge in [0.1, 0.15) is 6.04 Å². The summed E-state index contributed by atoms with van der Waals surface area (Å²) in [5.41, 5.74) is 1.04. The third kappa shape index (κ3) is 5.19. The summed E-state index contributed by atoms with van der Waals surface area (Å²) in [4.78, 5) is 22.6. The lowest BCUT2D eigenvalue weighted by molar-refractivity contribution is -0.144. The molecule has 0 saturated heterocycles. The van der Waals surface area contributed by atoms with Crippen molar-refractivity contribution in [3.05, 3.63) is 34.9 Å². The van der Waals surface area contributed by atoms with Crippen LogP contribution in [0.1, 0.15) is 25.5 Å². The van der Waals surface area contributed by atoms with Crippen LogP contribution in [0.2, 0.25) is 5.02 Å². The molecule has 0 saturated carbocycles. The zero-order valence-electron chi connectivity index (χ0n) is 11.8. The topological polar surface area (TPSA) is 67.4 Å². The number of nitrogens with one attached hydrogen (secondary N) is 2. The molecule has 1 rings (SSSR count). The fraction of sp³-hybridized carbons (Fsp3) is 0.429. The van der Waals surface area contributed by atoms with Crippen LogP contribution in [0.4, 0.5) is 0 Å². The smallest absolute Gasteiger partial charge is 0.329 e. The van der Waals surface area contributed by atoms with E-state index in [9.17, 15) is 9.59 Å². The maximum absolute atomic E-state index is 11.5. The average molecular weight is 299 g/mol. The first-order chi connectivity index (χ1) is 9.43. The number of halogens is 1. The van der Waals surface area contributed by atoms with Gasteiger partial charge < -0.3 is 15.4 Å². The monoisotopic (exact) mass is 298 g/mol. The Labute approximate surface area is 123 Å². The summed E-state index contributed by atoms with van der Waals surface area (Å²) in [7, 11) is 1.29. The number of hydrogen-bond acceptors (Lipinski definition) is 4. The van der Waals surface area contributed by atoms with Gasteiger partial charge in [0, 0.05) is 24.5 Å².